The van der Waals surface area contributed by atoms with Crippen molar-refractivity contribution in [1.82, 2.24) is 19.4 Å². The molecule has 20 heavy (non-hydrogen) atoms. The van der Waals surface area contributed by atoms with Crippen LogP contribution in [0, 0.1) is 0 Å². The maximum Gasteiger partial charge on any atom is 0.241 e. The van der Waals surface area contributed by atoms with Crippen molar-refractivity contribution < 1.29 is 9.53 Å². The molecule has 112 valence electrons. The Kier molecular flexibility index (Phi) is 5.11. The SMILES string of the molecule is COCC(N)C(=O)N1CCN(Cc2nccn2C)CC1. The van der Waals surface area contributed by atoms with Gasteiger partial charge in [0.25, 0.3) is 0 Å². The lowest BCUT2D eigenvalue weighted by Gasteiger charge is -2.35. The largest absolute Gasteiger partial charge is 0.383 e. The molecule has 1 atom stereocenters. The number of imidazole rings is 1. The maximum absolute atomic E-state index is 12.1. The van der Waals surface area contributed by atoms with Crippen LogP contribution in [0.5, 0.6) is 0 Å². The lowest BCUT2D eigenvalue weighted by molar-refractivity contribution is -0.135. The van der Waals surface area contributed by atoms with E-state index in [0.717, 1.165) is 25.5 Å². The molecule has 1 aromatic heterocycles. The molecular weight excluding hydrogens is 258 g/mol. The Labute approximate surface area is 119 Å². The van der Waals surface area contributed by atoms with Crippen LogP contribution in [0.25, 0.3) is 0 Å². The van der Waals surface area contributed by atoms with E-state index < -0.39 is 6.04 Å². The summed E-state index contributed by atoms with van der Waals surface area (Å²) in [5.74, 6) is 1.02. The number of hydrogen-bond acceptors (Lipinski definition) is 5. The Balaban J connectivity index is 1.80. The highest BCUT2D eigenvalue weighted by atomic mass is 16.5. The molecule has 1 aromatic rings. The Morgan fingerprint density at radius 2 is 2.15 bits per heavy atom. The van der Waals surface area contributed by atoms with E-state index in [1.54, 1.807) is 13.3 Å². The number of methoxy groups -OCH3 is 1. The number of nitrogens with two attached hydrogens (primary N) is 1. The van der Waals surface area contributed by atoms with Crippen LogP contribution in [0.2, 0.25) is 0 Å². The molecule has 7 heteroatoms. The number of carbonyl (C=O) groups is 1. The lowest BCUT2D eigenvalue weighted by atomic mass is 10.2. The van der Waals surface area contributed by atoms with Crippen molar-refractivity contribution in [2.24, 2.45) is 12.8 Å². The van der Waals surface area contributed by atoms with Gasteiger partial charge in [-0.2, -0.15) is 0 Å². The van der Waals surface area contributed by atoms with Crippen LogP contribution in [-0.2, 0) is 23.1 Å². The van der Waals surface area contributed by atoms with E-state index in [9.17, 15) is 4.79 Å². The van der Waals surface area contributed by atoms with Crippen LogP contribution in [0.4, 0.5) is 0 Å². The minimum Gasteiger partial charge on any atom is -0.383 e. The van der Waals surface area contributed by atoms with Gasteiger partial charge in [-0.25, -0.2) is 4.98 Å². The molecule has 1 unspecified atom stereocenters. The molecule has 1 fully saturated rings. The summed E-state index contributed by atoms with van der Waals surface area (Å²) in [5.41, 5.74) is 5.78. The molecule has 0 saturated carbocycles. The molecule has 1 amide bonds. The van der Waals surface area contributed by atoms with Gasteiger partial charge >= 0.3 is 0 Å². The number of aryl methyl sites for hydroxylation is 1. The Hall–Kier alpha value is -1.44. The van der Waals surface area contributed by atoms with Crippen LogP contribution in [-0.4, -0.2) is 71.2 Å². The summed E-state index contributed by atoms with van der Waals surface area (Å²) >= 11 is 0. The summed E-state index contributed by atoms with van der Waals surface area (Å²) in [4.78, 5) is 20.5. The van der Waals surface area contributed by atoms with Crippen molar-refractivity contribution in [2.75, 3.05) is 39.9 Å². The van der Waals surface area contributed by atoms with E-state index in [2.05, 4.69) is 9.88 Å². The average molecular weight is 281 g/mol. The van der Waals surface area contributed by atoms with E-state index >= 15 is 0 Å². The lowest BCUT2D eigenvalue weighted by Crippen LogP contribution is -2.54. The molecule has 2 heterocycles. The number of carbonyl (C=O) groups excluding carboxylic acids is 1. The Bertz CT molecular complexity index is 440. The third-order valence-electron chi connectivity index (χ3n) is 3.63. The normalized spacial score (nSPS) is 18.2. The fourth-order valence-electron chi connectivity index (χ4n) is 2.36. The predicted octanol–water partition coefficient (Wildman–Crippen LogP) is -0.962. The minimum absolute atomic E-state index is 0.0245. The highest BCUT2D eigenvalue weighted by molar-refractivity contribution is 5.81. The molecular formula is C13H23N5O2. The van der Waals surface area contributed by atoms with Gasteiger partial charge in [0.15, 0.2) is 0 Å². The summed E-state index contributed by atoms with van der Waals surface area (Å²) in [6, 6.07) is -0.555. The minimum atomic E-state index is -0.555. The molecule has 2 N–H and O–H groups in total. The Morgan fingerprint density at radius 1 is 1.45 bits per heavy atom. The second-order valence-electron chi connectivity index (χ2n) is 5.12. The highest BCUT2D eigenvalue weighted by Gasteiger charge is 2.25. The molecule has 1 saturated heterocycles. The number of amides is 1. The van der Waals surface area contributed by atoms with Gasteiger partial charge in [-0.05, 0) is 0 Å². The van der Waals surface area contributed by atoms with E-state index in [0.29, 0.717) is 13.1 Å². The number of aromatic nitrogens is 2. The van der Waals surface area contributed by atoms with E-state index in [1.165, 1.54) is 0 Å². The van der Waals surface area contributed by atoms with E-state index in [4.69, 9.17) is 10.5 Å². The molecule has 7 nitrogen and oxygen atoms in total. The topological polar surface area (TPSA) is 76.6 Å². The number of nitrogens with zero attached hydrogens (tertiary/aromatic N) is 4. The van der Waals surface area contributed by atoms with Gasteiger partial charge in [-0.3, -0.25) is 9.69 Å². The van der Waals surface area contributed by atoms with Crippen LogP contribution < -0.4 is 5.73 Å². The zero-order valence-corrected chi connectivity index (χ0v) is 12.2. The summed E-state index contributed by atoms with van der Waals surface area (Å²) in [6.07, 6.45) is 3.75. The van der Waals surface area contributed by atoms with Gasteiger partial charge in [-0.1, -0.05) is 0 Å². The van der Waals surface area contributed by atoms with Crippen molar-refractivity contribution in [3.05, 3.63) is 18.2 Å². The predicted molar refractivity (Wildman–Crippen MR) is 74.9 cm³/mol. The first-order valence-electron chi connectivity index (χ1n) is 6.83. The number of hydrogen-bond donors (Lipinski definition) is 1. The maximum atomic E-state index is 12.1. The van der Waals surface area contributed by atoms with E-state index in [-0.39, 0.29) is 12.5 Å². The van der Waals surface area contributed by atoms with Gasteiger partial charge < -0.3 is 19.9 Å². The van der Waals surface area contributed by atoms with Gasteiger partial charge in [-0.15, -0.1) is 0 Å². The van der Waals surface area contributed by atoms with Crippen molar-refractivity contribution in [3.8, 4) is 0 Å². The average Bonchev–Trinajstić information content (AvgIpc) is 2.85. The molecule has 1 aliphatic rings. The van der Waals surface area contributed by atoms with Crippen molar-refractivity contribution in [2.45, 2.75) is 12.6 Å². The highest BCUT2D eigenvalue weighted by Crippen LogP contribution is 2.07. The fraction of sp³-hybridized carbons (Fsp3) is 0.692. The molecule has 0 aromatic carbocycles. The van der Waals surface area contributed by atoms with Crippen molar-refractivity contribution in [1.29, 1.82) is 0 Å². The fourth-order valence-corrected chi connectivity index (χ4v) is 2.36. The van der Waals surface area contributed by atoms with Gasteiger partial charge in [0, 0.05) is 52.7 Å². The standard InChI is InChI=1S/C13H23N5O2/c1-16-4-3-15-12(16)9-17-5-7-18(8-6-17)13(19)11(14)10-20-2/h3-4,11H,5-10,14H2,1-2H3. The quantitative estimate of drug-likeness (QED) is 0.752. The van der Waals surface area contributed by atoms with Crippen LogP contribution in [0.15, 0.2) is 12.4 Å². The summed E-state index contributed by atoms with van der Waals surface area (Å²) in [7, 11) is 3.55. The van der Waals surface area contributed by atoms with Gasteiger partial charge in [0.1, 0.15) is 11.9 Å². The molecule has 0 spiro atoms. The first-order chi connectivity index (χ1) is 9.61. The third kappa shape index (κ3) is 3.56. The van der Waals surface area contributed by atoms with Crippen molar-refractivity contribution in [3.63, 3.8) is 0 Å². The number of rotatable bonds is 5. The van der Waals surface area contributed by atoms with Gasteiger partial charge in [0.2, 0.25) is 5.91 Å². The first kappa shape index (κ1) is 15.0. The summed E-state index contributed by atoms with van der Waals surface area (Å²) in [6.45, 7) is 4.19. The second-order valence-corrected chi connectivity index (χ2v) is 5.12. The molecule has 0 aliphatic carbocycles. The first-order valence-corrected chi connectivity index (χ1v) is 6.83. The zero-order valence-electron chi connectivity index (χ0n) is 12.2. The monoisotopic (exact) mass is 281 g/mol. The second kappa shape index (κ2) is 6.83. The Morgan fingerprint density at radius 3 is 2.70 bits per heavy atom. The summed E-state index contributed by atoms with van der Waals surface area (Å²) in [5, 5.41) is 0. The smallest absolute Gasteiger partial charge is 0.241 e. The molecule has 1 aliphatic heterocycles. The zero-order chi connectivity index (χ0) is 14.5. The summed E-state index contributed by atoms with van der Waals surface area (Å²) < 4.78 is 6.95. The molecule has 0 bridgehead atoms. The number of ether oxygens (including phenoxy) is 1. The van der Waals surface area contributed by atoms with Crippen molar-refractivity contribution >= 4 is 5.91 Å². The molecule has 2 rings (SSSR count). The van der Waals surface area contributed by atoms with Crippen LogP contribution in [0.3, 0.4) is 0 Å². The number of piperazine rings is 1. The van der Waals surface area contributed by atoms with E-state index in [1.807, 2.05) is 22.7 Å². The molecule has 0 radical (unpaired) electrons. The third-order valence-corrected chi connectivity index (χ3v) is 3.63. The van der Waals surface area contributed by atoms with Crippen LogP contribution >= 0.6 is 0 Å². The van der Waals surface area contributed by atoms with Gasteiger partial charge in [0.05, 0.1) is 13.2 Å². The van der Waals surface area contributed by atoms with Crippen LogP contribution in [0.1, 0.15) is 5.82 Å².